The second-order valence-corrected chi connectivity index (χ2v) is 9.58. The van der Waals surface area contributed by atoms with E-state index in [9.17, 15) is 43.0 Å². The fourth-order valence-corrected chi connectivity index (χ4v) is 6.75. The molecule has 0 aliphatic carbocycles. The van der Waals surface area contributed by atoms with Crippen molar-refractivity contribution in [2.24, 2.45) is 0 Å². The van der Waals surface area contributed by atoms with Gasteiger partial charge in [-0.05, 0) is 0 Å². The van der Waals surface area contributed by atoms with E-state index in [0.717, 1.165) is 12.1 Å². The van der Waals surface area contributed by atoms with Gasteiger partial charge >= 0.3 is 126 Å². The van der Waals surface area contributed by atoms with Gasteiger partial charge in [-0.3, -0.25) is 0 Å². The summed E-state index contributed by atoms with van der Waals surface area (Å²) in [5.41, 5.74) is 0. The zero-order chi connectivity index (χ0) is 17.4. The Morgan fingerprint density at radius 2 is 1.36 bits per heavy atom. The average molecular weight is 472 g/mol. The molecule has 0 aliphatic heterocycles. The third-order valence-corrected chi connectivity index (χ3v) is 8.40. The maximum absolute atomic E-state index is 13.6. The van der Waals surface area contributed by atoms with E-state index in [1.54, 1.807) is 0 Å². The van der Waals surface area contributed by atoms with E-state index in [0.29, 0.717) is 12.1 Å². The van der Waals surface area contributed by atoms with Gasteiger partial charge in [0, 0.05) is 0 Å². The normalized spacial score (nSPS) is 14.8. The molecule has 0 aliphatic rings. The molecule has 0 fully saturated rings. The van der Waals surface area contributed by atoms with Crippen molar-refractivity contribution >= 4 is 30.7 Å². The van der Waals surface area contributed by atoms with Gasteiger partial charge in [-0.1, -0.05) is 0 Å². The summed E-state index contributed by atoms with van der Waals surface area (Å²) in [4.78, 5) is 0. The molecule has 0 amide bonds. The number of hydrogen-bond acceptors (Lipinski definition) is 3. The average Bonchev–Trinajstić information content (AvgIpc) is 2.34. The molecule has 0 aromatic heterocycles. The Bertz CT molecular complexity index is 615. The van der Waals surface area contributed by atoms with Gasteiger partial charge in [0.2, 0.25) is 0 Å². The first-order chi connectivity index (χ1) is 9.70. The molecule has 0 unspecified atom stereocenters. The molecule has 1 aromatic rings. The van der Waals surface area contributed by atoms with E-state index in [1.807, 2.05) is 0 Å². The van der Waals surface area contributed by atoms with Crippen LogP contribution in [0.1, 0.15) is 0 Å². The van der Waals surface area contributed by atoms with Gasteiger partial charge in [0.15, 0.2) is 0 Å². The van der Waals surface area contributed by atoms with Gasteiger partial charge in [-0.2, -0.15) is 0 Å². The van der Waals surface area contributed by atoms with Gasteiger partial charge in [0.25, 0.3) is 0 Å². The summed E-state index contributed by atoms with van der Waals surface area (Å²) in [6.45, 7) is 0. The monoisotopic (exact) mass is 472 g/mol. The molecule has 1 rings (SSSR count). The van der Waals surface area contributed by atoms with Crippen molar-refractivity contribution in [3.05, 3.63) is 33.9 Å². The molecule has 22 heavy (non-hydrogen) atoms. The predicted octanol–water partition coefficient (Wildman–Crippen LogP) is 4.30. The Morgan fingerprint density at radius 3 is 1.73 bits per heavy atom. The fraction of sp³-hybridized carbons (Fsp3) is 0.333. The van der Waals surface area contributed by atoms with Crippen LogP contribution in [0.3, 0.4) is 0 Å². The molecule has 0 spiro atoms. The van der Waals surface area contributed by atoms with Crippen molar-refractivity contribution in [1.82, 2.24) is 0 Å². The minimum absolute atomic E-state index is 0.649. The molecule has 0 bridgehead atoms. The van der Waals surface area contributed by atoms with Gasteiger partial charge in [-0.15, -0.1) is 0 Å². The zero-order valence-corrected chi connectivity index (χ0v) is 12.9. The SMILES string of the molecule is O=S(=O)(F)OI(c1ccccc1)C(F)(F)C(F)(F)C(F)(F)F. The van der Waals surface area contributed by atoms with Crippen molar-refractivity contribution < 1.29 is 45.5 Å². The molecule has 128 valence electrons. The molecule has 13 heteroatoms. The van der Waals surface area contributed by atoms with Crippen LogP contribution in [0.2, 0.25) is 0 Å². The summed E-state index contributed by atoms with van der Waals surface area (Å²) in [5, 5.41) is 0. The third-order valence-electron chi connectivity index (χ3n) is 2.00. The molecule has 1 aromatic carbocycles. The van der Waals surface area contributed by atoms with Gasteiger partial charge in [0.1, 0.15) is 0 Å². The van der Waals surface area contributed by atoms with Crippen LogP contribution < -0.4 is 0 Å². The minimum atomic E-state index is -6.68. The summed E-state index contributed by atoms with van der Waals surface area (Å²) in [5.74, 6) is -6.59. The van der Waals surface area contributed by atoms with Crippen LogP contribution in [0.4, 0.5) is 34.6 Å². The molecule has 0 atom stereocenters. The Morgan fingerprint density at radius 1 is 0.909 bits per heavy atom. The van der Waals surface area contributed by atoms with E-state index in [1.165, 1.54) is 6.07 Å². The quantitative estimate of drug-likeness (QED) is 0.278. The summed E-state index contributed by atoms with van der Waals surface area (Å²) >= 11 is -5.64. The van der Waals surface area contributed by atoms with Crippen LogP contribution in [0, 0.1) is 3.57 Å². The number of alkyl halides is 8. The number of halogens is 9. The molecular formula is C9H5F8IO3S. The summed E-state index contributed by atoms with van der Waals surface area (Å²) < 4.78 is 119. The van der Waals surface area contributed by atoms with E-state index >= 15 is 0 Å². The second kappa shape index (κ2) is 6.07. The third kappa shape index (κ3) is 3.98. The van der Waals surface area contributed by atoms with Crippen molar-refractivity contribution in [3.63, 3.8) is 0 Å². The Hall–Kier alpha value is -0.700. The number of rotatable bonds is 5. The molecule has 0 saturated heterocycles. The molecule has 0 saturated carbocycles. The van der Waals surface area contributed by atoms with Crippen molar-refractivity contribution in [3.8, 4) is 0 Å². The Kier molecular flexibility index (Phi) is 5.34. The molecule has 3 nitrogen and oxygen atoms in total. The molecule has 0 radical (unpaired) electrons. The van der Waals surface area contributed by atoms with Crippen LogP contribution in [0.5, 0.6) is 0 Å². The number of hydrogen-bond donors (Lipinski definition) is 0. The predicted molar refractivity (Wildman–Crippen MR) is 66.2 cm³/mol. The van der Waals surface area contributed by atoms with Crippen LogP contribution in [0.25, 0.3) is 0 Å². The molecule has 0 N–H and O–H groups in total. The molecule has 0 heterocycles. The summed E-state index contributed by atoms with van der Waals surface area (Å²) in [6, 6.07) is 4.43. The van der Waals surface area contributed by atoms with Gasteiger partial charge in [-0.25, -0.2) is 0 Å². The standard InChI is InChI=1S/C9H5F8IO3S/c10-7(11,8(12,13)14)9(15,16)18(21-22(17,19)20)6-4-2-1-3-5-6/h1-5H. The van der Waals surface area contributed by atoms with E-state index in [-0.39, 0.29) is 0 Å². The Balaban J connectivity index is 3.44. The van der Waals surface area contributed by atoms with Crippen LogP contribution in [-0.4, -0.2) is 24.4 Å². The van der Waals surface area contributed by atoms with Crippen LogP contribution >= 0.6 is 20.2 Å². The maximum atomic E-state index is 13.6. The molecular weight excluding hydrogens is 467 g/mol. The summed E-state index contributed by atoms with van der Waals surface area (Å²) in [7, 11) is -6.17. The van der Waals surface area contributed by atoms with Gasteiger partial charge in [0.05, 0.1) is 0 Å². The Labute approximate surface area is 126 Å². The van der Waals surface area contributed by atoms with E-state index in [2.05, 4.69) is 2.51 Å². The topological polar surface area (TPSA) is 43.4 Å². The van der Waals surface area contributed by atoms with E-state index < -0.39 is 50.3 Å². The second-order valence-electron chi connectivity index (χ2n) is 3.57. The van der Waals surface area contributed by atoms with Crippen LogP contribution in [-0.2, 0) is 13.0 Å². The summed E-state index contributed by atoms with van der Waals surface area (Å²) in [6.07, 6.45) is -6.68. The van der Waals surface area contributed by atoms with E-state index in [4.69, 9.17) is 0 Å². The van der Waals surface area contributed by atoms with Crippen molar-refractivity contribution in [1.29, 1.82) is 0 Å². The van der Waals surface area contributed by atoms with Crippen molar-refractivity contribution in [2.45, 2.75) is 16.0 Å². The first-order valence-corrected chi connectivity index (χ1v) is 9.27. The van der Waals surface area contributed by atoms with Crippen molar-refractivity contribution in [2.75, 3.05) is 0 Å². The van der Waals surface area contributed by atoms with Gasteiger partial charge < -0.3 is 0 Å². The first kappa shape index (κ1) is 19.3. The fourth-order valence-electron chi connectivity index (χ4n) is 1.09. The number of benzene rings is 1. The zero-order valence-electron chi connectivity index (χ0n) is 9.92. The first-order valence-electron chi connectivity index (χ1n) is 4.92. The van der Waals surface area contributed by atoms with Crippen LogP contribution in [0.15, 0.2) is 30.3 Å².